The van der Waals surface area contributed by atoms with Crippen LogP contribution in [0.4, 0.5) is 0 Å². The number of amides is 1. The molecule has 0 bridgehead atoms. The van der Waals surface area contributed by atoms with Gasteiger partial charge in [-0.2, -0.15) is 0 Å². The molecule has 4 aromatic rings. The number of aromatic nitrogens is 3. The first-order valence-electron chi connectivity index (χ1n) is 9.08. The number of fused-ring (bicyclic) bond motifs is 1. The predicted molar refractivity (Wildman–Crippen MR) is 107 cm³/mol. The van der Waals surface area contributed by atoms with E-state index in [1.807, 2.05) is 42.7 Å². The van der Waals surface area contributed by atoms with E-state index in [1.165, 1.54) is 0 Å². The van der Waals surface area contributed by atoms with Crippen LogP contribution in [-0.4, -0.2) is 27.0 Å². The zero-order chi connectivity index (χ0) is 19.3. The van der Waals surface area contributed by atoms with Crippen LogP contribution in [0.25, 0.3) is 16.8 Å². The number of nitrogens with one attached hydrogen (secondary N) is 1. The van der Waals surface area contributed by atoms with E-state index in [0.717, 1.165) is 29.7 Å². The lowest BCUT2D eigenvalue weighted by molar-refractivity contribution is -0.120. The van der Waals surface area contributed by atoms with E-state index in [-0.39, 0.29) is 12.3 Å². The lowest BCUT2D eigenvalue weighted by atomic mass is 10.1. The van der Waals surface area contributed by atoms with E-state index in [0.29, 0.717) is 23.0 Å². The summed E-state index contributed by atoms with van der Waals surface area (Å²) in [6, 6.07) is 15.1. The number of rotatable bonds is 7. The fourth-order valence-electron chi connectivity index (χ4n) is 3.03. The molecule has 7 heteroatoms. The summed E-state index contributed by atoms with van der Waals surface area (Å²) in [5.41, 5.74) is 2.54. The molecule has 0 unspecified atom stereocenters. The molecule has 0 fully saturated rings. The lowest BCUT2D eigenvalue weighted by Gasteiger charge is -2.04. The van der Waals surface area contributed by atoms with Crippen molar-refractivity contribution in [2.45, 2.75) is 19.3 Å². The Kier molecular flexibility index (Phi) is 5.39. The zero-order valence-electron chi connectivity index (χ0n) is 15.1. The maximum Gasteiger partial charge on any atom is 0.226 e. The highest BCUT2D eigenvalue weighted by Gasteiger charge is 2.11. The fraction of sp³-hybridized carbons (Fsp3) is 0.190. The number of carbonyl (C=O) groups excluding carboxylic acids is 1. The molecular formula is C21H19ClN4O2. The van der Waals surface area contributed by atoms with E-state index >= 15 is 0 Å². The molecule has 4 rings (SSSR count). The number of pyridine rings is 1. The maximum absolute atomic E-state index is 12.1. The van der Waals surface area contributed by atoms with Gasteiger partial charge in [0.15, 0.2) is 5.76 Å². The fourth-order valence-corrected chi connectivity index (χ4v) is 3.16. The molecule has 0 saturated carbocycles. The summed E-state index contributed by atoms with van der Waals surface area (Å²) in [5, 5.41) is 7.56. The largest absolute Gasteiger partial charge is 0.356 e. The monoisotopic (exact) mass is 394 g/mol. The Labute approximate surface area is 167 Å². The summed E-state index contributed by atoms with van der Waals surface area (Å²) in [6.07, 6.45) is 5.65. The molecule has 1 N–H and O–H groups in total. The van der Waals surface area contributed by atoms with Gasteiger partial charge in [0.2, 0.25) is 5.91 Å². The molecule has 142 valence electrons. The summed E-state index contributed by atoms with van der Waals surface area (Å²) in [4.78, 5) is 16.6. The van der Waals surface area contributed by atoms with Gasteiger partial charge in [-0.25, -0.2) is 4.98 Å². The number of hydrogen-bond acceptors (Lipinski definition) is 4. The van der Waals surface area contributed by atoms with Crippen molar-refractivity contribution < 1.29 is 9.32 Å². The second kappa shape index (κ2) is 8.27. The Morgan fingerprint density at radius 2 is 2.04 bits per heavy atom. The molecule has 3 aromatic heterocycles. The van der Waals surface area contributed by atoms with Crippen LogP contribution in [0.3, 0.4) is 0 Å². The van der Waals surface area contributed by atoms with E-state index in [1.54, 1.807) is 18.2 Å². The number of hydrogen-bond donors (Lipinski definition) is 1. The molecule has 0 atom stereocenters. The molecule has 0 aliphatic heterocycles. The van der Waals surface area contributed by atoms with Crippen LogP contribution in [0.2, 0.25) is 5.02 Å². The molecule has 0 aliphatic rings. The first-order valence-corrected chi connectivity index (χ1v) is 9.46. The first kappa shape index (κ1) is 18.3. The smallest absolute Gasteiger partial charge is 0.226 e. The van der Waals surface area contributed by atoms with Gasteiger partial charge in [-0.3, -0.25) is 4.79 Å². The standard InChI is InChI=1S/C21H19ClN4O2/c22-16-8-6-15(7-9-16)19-12-17(25-28-19)13-21(27)23-10-3-5-20-24-14-18-4-1-2-11-26(18)20/h1-2,4,6-9,11-12,14H,3,5,10,13H2,(H,23,27). The minimum atomic E-state index is -0.0797. The van der Waals surface area contributed by atoms with Gasteiger partial charge in [0, 0.05) is 35.8 Å². The summed E-state index contributed by atoms with van der Waals surface area (Å²) in [6.45, 7) is 0.586. The van der Waals surface area contributed by atoms with Crippen molar-refractivity contribution in [3.8, 4) is 11.3 Å². The van der Waals surface area contributed by atoms with Crippen LogP contribution < -0.4 is 5.32 Å². The van der Waals surface area contributed by atoms with Crippen molar-refractivity contribution in [3.63, 3.8) is 0 Å². The van der Waals surface area contributed by atoms with Crippen molar-refractivity contribution in [2.24, 2.45) is 0 Å². The molecule has 1 amide bonds. The lowest BCUT2D eigenvalue weighted by Crippen LogP contribution is -2.26. The SMILES string of the molecule is O=C(Cc1cc(-c2ccc(Cl)cc2)on1)NCCCc1ncc2ccccn12. The molecule has 0 saturated heterocycles. The summed E-state index contributed by atoms with van der Waals surface area (Å²) in [5.74, 6) is 1.53. The number of imidazole rings is 1. The van der Waals surface area contributed by atoms with E-state index in [9.17, 15) is 4.79 Å². The number of aryl methyl sites for hydroxylation is 1. The Bertz CT molecular complexity index is 1090. The average molecular weight is 395 g/mol. The number of nitrogens with zero attached hydrogens (tertiary/aromatic N) is 3. The van der Waals surface area contributed by atoms with Gasteiger partial charge in [-0.15, -0.1) is 0 Å². The Balaban J connectivity index is 1.25. The van der Waals surface area contributed by atoms with Gasteiger partial charge < -0.3 is 14.2 Å². The molecule has 3 heterocycles. The van der Waals surface area contributed by atoms with Crippen LogP contribution in [0.1, 0.15) is 17.9 Å². The van der Waals surface area contributed by atoms with Gasteiger partial charge in [0.25, 0.3) is 0 Å². The third-order valence-electron chi connectivity index (χ3n) is 4.44. The van der Waals surface area contributed by atoms with Gasteiger partial charge in [0.05, 0.1) is 23.8 Å². The van der Waals surface area contributed by atoms with Crippen molar-refractivity contribution in [2.75, 3.05) is 6.54 Å². The van der Waals surface area contributed by atoms with Crippen LogP contribution >= 0.6 is 11.6 Å². The molecule has 0 radical (unpaired) electrons. The first-order chi connectivity index (χ1) is 13.7. The highest BCUT2D eigenvalue weighted by atomic mass is 35.5. The number of halogens is 1. The van der Waals surface area contributed by atoms with Crippen molar-refractivity contribution in [1.29, 1.82) is 0 Å². The average Bonchev–Trinajstić information content (AvgIpc) is 3.33. The van der Waals surface area contributed by atoms with E-state index in [4.69, 9.17) is 16.1 Å². The number of benzene rings is 1. The Hall–Kier alpha value is -3.12. The molecule has 0 spiro atoms. The second-order valence-electron chi connectivity index (χ2n) is 6.49. The molecular weight excluding hydrogens is 376 g/mol. The third-order valence-corrected chi connectivity index (χ3v) is 4.70. The Morgan fingerprint density at radius 3 is 2.89 bits per heavy atom. The van der Waals surface area contributed by atoms with Gasteiger partial charge in [-0.1, -0.05) is 22.8 Å². The third kappa shape index (κ3) is 4.23. The maximum atomic E-state index is 12.1. The van der Waals surface area contributed by atoms with Crippen LogP contribution in [-0.2, 0) is 17.6 Å². The van der Waals surface area contributed by atoms with Crippen LogP contribution in [0, 0.1) is 0 Å². The van der Waals surface area contributed by atoms with Gasteiger partial charge >= 0.3 is 0 Å². The topological polar surface area (TPSA) is 72.4 Å². The highest BCUT2D eigenvalue weighted by Crippen LogP contribution is 2.22. The highest BCUT2D eigenvalue weighted by molar-refractivity contribution is 6.30. The second-order valence-corrected chi connectivity index (χ2v) is 6.93. The van der Waals surface area contributed by atoms with Crippen molar-refractivity contribution in [3.05, 3.63) is 77.5 Å². The van der Waals surface area contributed by atoms with Crippen LogP contribution in [0.15, 0.2) is 65.4 Å². The van der Waals surface area contributed by atoms with Crippen LogP contribution in [0.5, 0.6) is 0 Å². The van der Waals surface area contributed by atoms with E-state index < -0.39 is 0 Å². The Morgan fingerprint density at radius 1 is 1.18 bits per heavy atom. The normalized spacial score (nSPS) is 11.0. The van der Waals surface area contributed by atoms with Gasteiger partial charge in [0.1, 0.15) is 5.82 Å². The summed E-state index contributed by atoms with van der Waals surface area (Å²) in [7, 11) is 0. The minimum Gasteiger partial charge on any atom is -0.356 e. The summed E-state index contributed by atoms with van der Waals surface area (Å²) < 4.78 is 7.39. The molecule has 6 nitrogen and oxygen atoms in total. The van der Waals surface area contributed by atoms with Crippen molar-refractivity contribution in [1.82, 2.24) is 19.9 Å². The van der Waals surface area contributed by atoms with Gasteiger partial charge in [-0.05, 0) is 42.8 Å². The predicted octanol–water partition coefficient (Wildman–Crippen LogP) is 3.93. The molecule has 0 aliphatic carbocycles. The molecule has 1 aromatic carbocycles. The number of carbonyl (C=O) groups is 1. The summed E-state index contributed by atoms with van der Waals surface area (Å²) >= 11 is 5.89. The molecule has 28 heavy (non-hydrogen) atoms. The zero-order valence-corrected chi connectivity index (χ0v) is 15.9. The quantitative estimate of drug-likeness (QED) is 0.482. The minimum absolute atomic E-state index is 0.0797. The van der Waals surface area contributed by atoms with E-state index in [2.05, 4.69) is 19.9 Å². The van der Waals surface area contributed by atoms with Crippen molar-refractivity contribution >= 4 is 23.0 Å².